The minimum Gasteiger partial charge on any atom is -0.493 e. The third-order valence-corrected chi connectivity index (χ3v) is 1.76. The summed E-state index contributed by atoms with van der Waals surface area (Å²) in [6.45, 7) is 1.79. The number of aromatic hydroxyl groups is 1. The van der Waals surface area contributed by atoms with Crippen LogP contribution in [0.4, 0.5) is 0 Å². The van der Waals surface area contributed by atoms with Crippen molar-refractivity contribution in [3.05, 3.63) is 5.69 Å². The molecule has 0 saturated heterocycles. The molecule has 12 heavy (non-hydrogen) atoms. The molecular formula is C6H6N4OS. The molecule has 0 saturated carbocycles. The molecule has 62 valence electrons. The Balaban J connectivity index is 2.93. The van der Waals surface area contributed by atoms with Crippen molar-refractivity contribution in [1.29, 1.82) is 0 Å². The first-order valence-corrected chi connectivity index (χ1v) is 3.74. The zero-order valence-electron chi connectivity index (χ0n) is 6.24. The number of nitrogens with zero attached hydrogens (tertiary/aromatic N) is 3. The molecule has 0 atom stereocenters. The van der Waals surface area contributed by atoms with Crippen molar-refractivity contribution in [2.75, 3.05) is 0 Å². The first-order chi connectivity index (χ1) is 5.68. The monoisotopic (exact) mass is 182 g/mol. The molecule has 0 amide bonds. The maximum absolute atomic E-state index is 9.36. The quantitative estimate of drug-likeness (QED) is 0.413. The molecule has 0 fully saturated rings. The first-order valence-electron chi connectivity index (χ1n) is 3.29. The molecule has 6 heteroatoms. The van der Waals surface area contributed by atoms with Gasteiger partial charge in [0.15, 0.2) is 10.8 Å². The summed E-state index contributed by atoms with van der Waals surface area (Å²) >= 11 is 3.90. The Hall–Kier alpha value is -1.30. The Bertz CT molecular complexity index is 438. The summed E-state index contributed by atoms with van der Waals surface area (Å²) in [6, 6.07) is 0. The molecule has 0 aliphatic rings. The highest BCUT2D eigenvalue weighted by atomic mass is 32.1. The van der Waals surface area contributed by atoms with Crippen LogP contribution < -0.4 is 0 Å². The minimum atomic E-state index is -0.0868. The molecule has 2 heterocycles. The number of rotatable bonds is 0. The van der Waals surface area contributed by atoms with E-state index in [1.807, 2.05) is 0 Å². The molecule has 2 aromatic rings. The predicted molar refractivity (Wildman–Crippen MR) is 45.3 cm³/mol. The minimum absolute atomic E-state index is 0.0868. The van der Waals surface area contributed by atoms with Gasteiger partial charge in [-0.05, 0) is 6.92 Å². The summed E-state index contributed by atoms with van der Waals surface area (Å²) < 4.78 is 0. The van der Waals surface area contributed by atoms with Gasteiger partial charge < -0.3 is 5.11 Å². The Labute approximate surface area is 73.3 Å². The van der Waals surface area contributed by atoms with Crippen LogP contribution in [0.25, 0.3) is 11.0 Å². The van der Waals surface area contributed by atoms with Crippen molar-refractivity contribution < 1.29 is 5.11 Å². The fraction of sp³-hybridized carbons (Fsp3) is 0.167. The molecule has 2 aromatic heterocycles. The van der Waals surface area contributed by atoms with Gasteiger partial charge in [-0.2, -0.15) is 10.1 Å². The number of aromatic amines is 1. The van der Waals surface area contributed by atoms with E-state index in [0.717, 1.165) is 5.69 Å². The number of thiol groups is 1. The second-order valence-electron chi connectivity index (χ2n) is 2.39. The molecule has 0 radical (unpaired) electrons. The molecule has 0 aliphatic heterocycles. The maximum atomic E-state index is 9.36. The summed E-state index contributed by atoms with van der Waals surface area (Å²) in [5.41, 5.74) is 1.18. The zero-order valence-corrected chi connectivity index (χ0v) is 7.13. The van der Waals surface area contributed by atoms with Gasteiger partial charge >= 0.3 is 0 Å². The Morgan fingerprint density at radius 1 is 1.42 bits per heavy atom. The molecule has 0 spiro atoms. The van der Waals surface area contributed by atoms with E-state index in [2.05, 4.69) is 32.8 Å². The van der Waals surface area contributed by atoms with E-state index < -0.39 is 0 Å². The van der Waals surface area contributed by atoms with Crippen molar-refractivity contribution in [3.8, 4) is 5.88 Å². The van der Waals surface area contributed by atoms with E-state index in [1.54, 1.807) is 6.92 Å². The highest BCUT2D eigenvalue weighted by Gasteiger charge is 2.09. The van der Waals surface area contributed by atoms with Crippen LogP contribution in [-0.4, -0.2) is 25.3 Å². The van der Waals surface area contributed by atoms with E-state index >= 15 is 0 Å². The van der Waals surface area contributed by atoms with Crippen LogP contribution in [0.5, 0.6) is 5.88 Å². The topological polar surface area (TPSA) is 74.7 Å². The lowest BCUT2D eigenvalue weighted by atomic mass is 10.3. The largest absolute Gasteiger partial charge is 0.493 e. The van der Waals surface area contributed by atoms with Gasteiger partial charge in [-0.3, -0.25) is 5.10 Å². The molecule has 0 aromatic carbocycles. The fourth-order valence-electron chi connectivity index (χ4n) is 1.04. The van der Waals surface area contributed by atoms with E-state index in [9.17, 15) is 5.11 Å². The van der Waals surface area contributed by atoms with Gasteiger partial charge in [0.2, 0.25) is 5.88 Å². The fourth-order valence-corrected chi connectivity index (χ4v) is 1.22. The Morgan fingerprint density at radius 2 is 2.17 bits per heavy atom. The van der Waals surface area contributed by atoms with Crippen molar-refractivity contribution in [2.45, 2.75) is 12.1 Å². The van der Waals surface area contributed by atoms with Gasteiger partial charge in [0.05, 0.1) is 0 Å². The highest BCUT2D eigenvalue weighted by molar-refractivity contribution is 7.80. The second kappa shape index (κ2) is 2.34. The average molecular weight is 182 g/mol. The molecule has 2 N–H and O–H groups in total. The van der Waals surface area contributed by atoms with E-state index in [0.29, 0.717) is 11.0 Å². The van der Waals surface area contributed by atoms with E-state index in [-0.39, 0.29) is 11.0 Å². The number of nitrogens with one attached hydrogen (secondary N) is 1. The van der Waals surface area contributed by atoms with Crippen LogP contribution in [0.1, 0.15) is 5.69 Å². The first kappa shape index (κ1) is 7.35. The average Bonchev–Trinajstić information content (AvgIpc) is 2.31. The number of H-pyrrole nitrogens is 1. The SMILES string of the molecule is Cc1[nH]nc2nc(S)nc(O)c12. The van der Waals surface area contributed by atoms with Gasteiger partial charge in [-0.25, -0.2) is 4.98 Å². The van der Waals surface area contributed by atoms with Crippen molar-refractivity contribution in [2.24, 2.45) is 0 Å². The molecule has 0 aliphatic carbocycles. The summed E-state index contributed by atoms with van der Waals surface area (Å²) in [6.07, 6.45) is 0. The number of fused-ring (bicyclic) bond motifs is 1. The van der Waals surface area contributed by atoms with E-state index in [4.69, 9.17) is 0 Å². The molecule has 5 nitrogen and oxygen atoms in total. The summed E-state index contributed by atoms with van der Waals surface area (Å²) in [4.78, 5) is 7.59. The van der Waals surface area contributed by atoms with Crippen LogP contribution in [-0.2, 0) is 0 Å². The third kappa shape index (κ3) is 0.918. The van der Waals surface area contributed by atoms with Crippen LogP contribution in [0, 0.1) is 6.92 Å². The summed E-state index contributed by atoms with van der Waals surface area (Å²) in [5, 5.41) is 16.7. The van der Waals surface area contributed by atoms with Crippen molar-refractivity contribution in [3.63, 3.8) is 0 Å². The van der Waals surface area contributed by atoms with E-state index in [1.165, 1.54) is 0 Å². The molecule has 0 bridgehead atoms. The van der Waals surface area contributed by atoms with Gasteiger partial charge in [0.1, 0.15) is 5.39 Å². The van der Waals surface area contributed by atoms with Crippen molar-refractivity contribution in [1.82, 2.24) is 20.2 Å². The number of hydrogen-bond donors (Lipinski definition) is 3. The molecular weight excluding hydrogens is 176 g/mol. The summed E-state index contributed by atoms with van der Waals surface area (Å²) in [7, 11) is 0. The lowest BCUT2D eigenvalue weighted by Gasteiger charge is -1.94. The van der Waals surface area contributed by atoms with Crippen LogP contribution in [0.3, 0.4) is 0 Å². The second-order valence-corrected chi connectivity index (χ2v) is 2.79. The van der Waals surface area contributed by atoms with Crippen LogP contribution in [0.15, 0.2) is 5.16 Å². The Morgan fingerprint density at radius 3 is 2.92 bits per heavy atom. The number of hydrogen-bond acceptors (Lipinski definition) is 5. The van der Waals surface area contributed by atoms with Gasteiger partial charge in [0.25, 0.3) is 0 Å². The maximum Gasteiger partial charge on any atom is 0.226 e. The van der Waals surface area contributed by atoms with Gasteiger partial charge in [-0.1, -0.05) is 0 Å². The zero-order chi connectivity index (χ0) is 8.72. The third-order valence-electron chi connectivity index (χ3n) is 1.56. The summed E-state index contributed by atoms with van der Waals surface area (Å²) in [5.74, 6) is -0.0868. The normalized spacial score (nSPS) is 10.8. The lowest BCUT2D eigenvalue weighted by Crippen LogP contribution is -1.85. The molecule has 0 unspecified atom stereocenters. The Kier molecular flexibility index (Phi) is 1.44. The number of aryl methyl sites for hydroxylation is 1. The smallest absolute Gasteiger partial charge is 0.226 e. The van der Waals surface area contributed by atoms with Gasteiger partial charge in [0, 0.05) is 5.69 Å². The van der Waals surface area contributed by atoms with Crippen LogP contribution >= 0.6 is 12.6 Å². The molecule has 2 rings (SSSR count). The highest BCUT2D eigenvalue weighted by Crippen LogP contribution is 2.22. The lowest BCUT2D eigenvalue weighted by molar-refractivity contribution is 0.453. The standard InChI is InChI=1S/C6H6N4OS/c1-2-3-4(10-9-2)7-6(12)8-5(3)11/h1H3,(H3,7,8,9,10,11,12). The van der Waals surface area contributed by atoms with Crippen LogP contribution in [0.2, 0.25) is 0 Å². The van der Waals surface area contributed by atoms with Crippen molar-refractivity contribution >= 4 is 23.7 Å². The van der Waals surface area contributed by atoms with Gasteiger partial charge in [-0.15, -0.1) is 12.6 Å². The predicted octanol–water partition coefficient (Wildman–Crippen LogP) is 0.656. The number of aromatic nitrogens is 4.